The van der Waals surface area contributed by atoms with Crippen LogP contribution in [0.25, 0.3) is 0 Å². The summed E-state index contributed by atoms with van der Waals surface area (Å²) in [7, 11) is 4.97. The summed E-state index contributed by atoms with van der Waals surface area (Å²) < 4.78 is 38.3. The minimum Gasteiger partial charge on any atom is -0.383 e. The van der Waals surface area contributed by atoms with Crippen LogP contribution in [0.15, 0.2) is 6.20 Å². The molecule has 9 heteroatoms. The van der Waals surface area contributed by atoms with Crippen LogP contribution < -0.4 is 0 Å². The van der Waals surface area contributed by atoms with E-state index in [1.165, 1.54) is 10.9 Å². The number of likely N-dealkylation sites (tertiary alicyclic amines) is 2. The molecule has 1 amide bonds. The normalized spacial score (nSPS) is 22.5. The van der Waals surface area contributed by atoms with Gasteiger partial charge in [0.05, 0.1) is 18.8 Å². The Balaban J connectivity index is 1.64. The minimum atomic E-state index is -2.75. The topological polar surface area (TPSA) is 59.8 Å². The van der Waals surface area contributed by atoms with Crippen LogP contribution in [0.4, 0.5) is 8.78 Å². The monoisotopic (exact) mass is 400 g/mol. The second kappa shape index (κ2) is 8.84. The molecule has 2 fully saturated rings. The highest BCUT2D eigenvalue weighted by atomic mass is 19.3. The summed E-state index contributed by atoms with van der Waals surface area (Å²) in [5.74, 6) is -0.346. The molecule has 3 heterocycles. The number of ether oxygens (including phenoxy) is 2. The molecule has 0 bridgehead atoms. The molecule has 28 heavy (non-hydrogen) atoms. The lowest BCUT2D eigenvalue weighted by atomic mass is 9.76. The van der Waals surface area contributed by atoms with Gasteiger partial charge in [-0.1, -0.05) is 0 Å². The largest absolute Gasteiger partial charge is 0.383 e. The third kappa shape index (κ3) is 4.36. The number of aryl methyl sites for hydroxylation is 1. The average molecular weight is 400 g/mol. The number of amides is 1. The first kappa shape index (κ1) is 21.1. The van der Waals surface area contributed by atoms with Crippen molar-refractivity contribution in [3.63, 3.8) is 0 Å². The van der Waals surface area contributed by atoms with Gasteiger partial charge in [-0.25, -0.2) is 8.78 Å². The third-order valence-corrected chi connectivity index (χ3v) is 6.07. The second-order valence-electron chi connectivity index (χ2n) is 7.97. The van der Waals surface area contributed by atoms with Gasteiger partial charge in [0, 0.05) is 59.7 Å². The summed E-state index contributed by atoms with van der Waals surface area (Å²) in [5.41, 5.74) is -0.271. The SMILES string of the molecule is COCCN1CC2(CCN(C(=O)c3cn(C)nc3C(F)F)CC2)C[C@H]1COC. The number of methoxy groups -OCH3 is 2. The van der Waals surface area contributed by atoms with Crippen molar-refractivity contribution in [2.24, 2.45) is 12.5 Å². The van der Waals surface area contributed by atoms with Crippen LogP contribution in [-0.4, -0.2) is 85.1 Å². The average Bonchev–Trinajstić information content (AvgIpc) is 3.21. The lowest BCUT2D eigenvalue weighted by Gasteiger charge is -2.39. The van der Waals surface area contributed by atoms with Crippen molar-refractivity contribution in [2.45, 2.75) is 31.7 Å². The number of halogens is 2. The van der Waals surface area contributed by atoms with Crippen LogP contribution in [-0.2, 0) is 16.5 Å². The highest BCUT2D eigenvalue weighted by molar-refractivity contribution is 5.95. The second-order valence-corrected chi connectivity index (χ2v) is 7.97. The fourth-order valence-electron chi connectivity index (χ4n) is 4.63. The number of aromatic nitrogens is 2. The highest BCUT2D eigenvalue weighted by Crippen LogP contribution is 2.43. The van der Waals surface area contributed by atoms with Crippen LogP contribution in [0.2, 0.25) is 0 Å². The van der Waals surface area contributed by atoms with Crippen LogP contribution >= 0.6 is 0 Å². The van der Waals surface area contributed by atoms with Crippen LogP contribution in [0.5, 0.6) is 0 Å². The van der Waals surface area contributed by atoms with E-state index in [-0.39, 0.29) is 16.9 Å². The van der Waals surface area contributed by atoms with E-state index >= 15 is 0 Å². The van der Waals surface area contributed by atoms with E-state index in [1.54, 1.807) is 26.2 Å². The van der Waals surface area contributed by atoms with Crippen LogP contribution in [0, 0.1) is 5.41 Å². The van der Waals surface area contributed by atoms with Gasteiger partial charge in [-0.15, -0.1) is 0 Å². The molecule has 2 aliphatic rings. The van der Waals surface area contributed by atoms with E-state index in [2.05, 4.69) is 10.00 Å². The molecule has 1 aromatic rings. The summed E-state index contributed by atoms with van der Waals surface area (Å²) >= 11 is 0. The van der Waals surface area contributed by atoms with Crippen molar-refractivity contribution in [1.82, 2.24) is 19.6 Å². The van der Waals surface area contributed by atoms with Gasteiger partial charge < -0.3 is 14.4 Å². The van der Waals surface area contributed by atoms with Gasteiger partial charge in [-0.3, -0.25) is 14.4 Å². The number of carbonyl (C=O) groups is 1. The standard InChI is InChI=1S/C19H30F2N4O3/c1-23-11-15(16(22-23)17(20)21)18(26)24-6-4-19(5-7-24)10-14(12-28-3)25(13-19)8-9-27-2/h11,14,17H,4-10,12-13H2,1-3H3/t14-/m0/s1. The summed E-state index contributed by atoms with van der Waals surface area (Å²) in [5, 5.41) is 3.75. The molecule has 0 aliphatic carbocycles. The Hall–Kier alpha value is -1.58. The van der Waals surface area contributed by atoms with Crippen molar-refractivity contribution in [3.05, 3.63) is 17.5 Å². The lowest BCUT2D eigenvalue weighted by molar-refractivity contribution is 0.0572. The molecule has 0 unspecified atom stereocenters. The van der Waals surface area contributed by atoms with E-state index < -0.39 is 12.1 Å². The Morgan fingerprint density at radius 2 is 2.04 bits per heavy atom. The summed E-state index contributed by atoms with van der Waals surface area (Å²) in [6, 6.07) is 0.353. The number of rotatable bonds is 7. The van der Waals surface area contributed by atoms with E-state index in [4.69, 9.17) is 9.47 Å². The zero-order chi connectivity index (χ0) is 20.3. The van der Waals surface area contributed by atoms with Gasteiger partial charge in [-0.05, 0) is 24.7 Å². The van der Waals surface area contributed by atoms with Gasteiger partial charge in [-0.2, -0.15) is 5.10 Å². The predicted octanol–water partition coefficient (Wildman–Crippen LogP) is 1.95. The molecule has 0 saturated carbocycles. The summed E-state index contributed by atoms with van der Waals surface area (Å²) in [4.78, 5) is 16.9. The smallest absolute Gasteiger partial charge is 0.282 e. The highest BCUT2D eigenvalue weighted by Gasteiger charge is 2.46. The Kier molecular flexibility index (Phi) is 6.67. The van der Waals surface area contributed by atoms with Crippen molar-refractivity contribution >= 4 is 5.91 Å². The van der Waals surface area contributed by atoms with E-state index in [9.17, 15) is 13.6 Å². The van der Waals surface area contributed by atoms with Gasteiger partial charge in [0.1, 0.15) is 5.69 Å². The molecule has 2 saturated heterocycles. The molecule has 0 aromatic carbocycles. The van der Waals surface area contributed by atoms with Crippen molar-refractivity contribution in [2.75, 3.05) is 53.6 Å². The van der Waals surface area contributed by atoms with Crippen molar-refractivity contribution in [3.8, 4) is 0 Å². The Morgan fingerprint density at radius 1 is 1.32 bits per heavy atom. The first-order valence-corrected chi connectivity index (χ1v) is 9.72. The Morgan fingerprint density at radius 3 is 2.64 bits per heavy atom. The Labute approximate surface area is 164 Å². The van der Waals surface area contributed by atoms with Gasteiger partial charge in [0.2, 0.25) is 0 Å². The number of nitrogens with zero attached hydrogens (tertiary/aromatic N) is 4. The molecule has 0 N–H and O–H groups in total. The number of piperidine rings is 1. The fourth-order valence-corrected chi connectivity index (χ4v) is 4.63. The minimum absolute atomic E-state index is 0.0128. The summed E-state index contributed by atoms with van der Waals surface area (Å²) in [6.07, 6.45) is 1.40. The number of alkyl halides is 2. The Bertz CT molecular complexity index is 674. The first-order valence-electron chi connectivity index (χ1n) is 9.72. The van der Waals surface area contributed by atoms with Crippen LogP contribution in [0.1, 0.15) is 41.7 Å². The molecule has 0 radical (unpaired) electrons. The molecule has 1 spiro atoms. The first-order chi connectivity index (χ1) is 13.4. The van der Waals surface area contributed by atoms with Crippen molar-refractivity contribution < 1.29 is 23.0 Å². The van der Waals surface area contributed by atoms with Crippen molar-refractivity contribution in [1.29, 1.82) is 0 Å². The quantitative estimate of drug-likeness (QED) is 0.700. The molecule has 158 valence electrons. The maximum absolute atomic E-state index is 13.2. The number of hydrogen-bond donors (Lipinski definition) is 0. The molecule has 1 aromatic heterocycles. The number of carbonyl (C=O) groups excluding carboxylic acids is 1. The predicted molar refractivity (Wildman–Crippen MR) is 99.5 cm³/mol. The van der Waals surface area contributed by atoms with Gasteiger partial charge in [0.25, 0.3) is 12.3 Å². The van der Waals surface area contributed by atoms with E-state index in [0.29, 0.717) is 32.3 Å². The molecule has 3 rings (SSSR count). The molecular weight excluding hydrogens is 370 g/mol. The summed E-state index contributed by atoms with van der Waals surface area (Å²) in [6.45, 7) is 4.34. The van der Waals surface area contributed by atoms with Crippen LogP contribution in [0.3, 0.4) is 0 Å². The van der Waals surface area contributed by atoms with E-state index in [1.807, 2.05) is 0 Å². The lowest BCUT2D eigenvalue weighted by Crippen LogP contribution is -2.44. The van der Waals surface area contributed by atoms with E-state index in [0.717, 1.165) is 32.4 Å². The third-order valence-electron chi connectivity index (χ3n) is 6.07. The zero-order valence-electron chi connectivity index (χ0n) is 16.9. The number of hydrogen-bond acceptors (Lipinski definition) is 5. The fraction of sp³-hybridized carbons (Fsp3) is 0.789. The molecule has 1 atom stereocenters. The maximum Gasteiger partial charge on any atom is 0.282 e. The molecular formula is C19H30F2N4O3. The zero-order valence-corrected chi connectivity index (χ0v) is 16.9. The maximum atomic E-state index is 13.2. The van der Waals surface area contributed by atoms with Gasteiger partial charge >= 0.3 is 0 Å². The van der Waals surface area contributed by atoms with Gasteiger partial charge in [0.15, 0.2) is 0 Å². The molecule has 2 aliphatic heterocycles. The molecule has 7 nitrogen and oxygen atoms in total.